The lowest BCUT2D eigenvalue weighted by Crippen LogP contribution is -2.27. The van der Waals surface area contributed by atoms with Crippen LogP contribution in [0.4, 0.5) is 5.69 Å². The Morgan fingerprint density at radius 2 is 1.70 bits per heavy atom. The summed E-state index contributed by atoms with van der Waals surface area (Å²) >= 11 is 3.42. The van der Waals surface area contributed by atoms with Crippen molar-refractivity contribution in [2.75, 3.05) is 38.7 Å². The number of nitrogen functional groups attached to an aromatic ring is 1. The molecule has 17 nitrogen and oxygen atoms in total. The van der Waals surface area contributed by atoms with Crippen molar-refractivity contribution >= 4 is 57.5 Å². The van der Waals surface area contributed by atoms with Crippen LogP contribution in [0, 0.1) is 5.41 Å². The van der Waals surface area contributed by atoms with Crippen molar-refractivity contribution in [3.05, 3.63) is 58.9 Å². The molecule has 0 bridgehead atoms. The second-order valence-corrected chi connectivity index (χ2v) is 11.1. The maximum atomic E-state index is 13.1. The molecule has 0 saturated heterocycles. The number of nitrogens with two attached hydrogens (primary N) is 1. The zero-order chi connectivity index (χ0) is 34.3. The number of fused-ring (bicyclic) bond motifs is 2. The topological polar surface area (TPSA) is 267 Å². The number of aromatic carboxylic acids is 1. The molecule has 1 heterocycles. The summed E-state index contributed by atoms with van der Waals surface area (Å²) in [5.41, 5.74) is 5.21. The van der Waals surface area contributed by atoms with Crippen molar-refractivity contribution in [3.8, 4) is 28.2 Å². The molecule has 0 fully saturated rings. The number of nitrogens with one attached hydrogen (secondary N) is 2. The number of benzene rings is 3. The Balaban J connectivity index is 1.79. The third-order valence-electron chi connectivity index (χ3n) is 6.55. The van der Waals surface area contributed by atoms with Crippen LogP contribution >= 0.6 is 12.9 Å². The van der Waals surface area contributed by atoms with Crippen LogP contribution < -0.4 is 21.3 Å². The predicted octanol–water partition coefficient (Wildman–Crippen LogP) is 2.54. The van der Waals surface area contributed by atoms with Gasteiger partial charge in [-0.05, 0) is 53.1 Å². The second-order valence-electron chi connectivity index (χ2n) is 9.55. The maximum Gasteiger partial charge on any atom is 0.336 e. The Morgan fingerprint density at radius 3 is 2.36 bits per heavy atom. The van der Waals surface area contributed by atoms with Gasteiger partial charge in [0, 0.05) is 41.5 Å². The largest absolute Gasteiger partial charge is 0.481 e. The Morgan fingerprint density at radius 1 is 0.979 bits per heavy atom. The molecule has 1 amide bonds. The number of hydrogen-bond donors (Lipinski definition) is 7. The molecule has 7 N–H and O–H groups in total. The minimum atomic E-state index is -5.09. The number of hydrogen-bond acceptors (Lipinski definition) is 14. The Bertz CT molecular complexity index is 1960. The van der Waals surface area contributed by atoms with Gasteiger partial charge in [0.1, 0.15) is 0 Å². The van der Waals surface area contributed by atoms with E-state index in [1.807, 2.05) is 0 Å². The number of ether oxygens (including phenoxy) is 2. The molecule has 0 unspecified atom stereocenters. The van der Waals surface area contributed by atoms with Crippen molar-refractivity contribution in [1.29, 1.82) is 5.41 Å². The van der Waals surface area contributed by atoms with Crippen molar-refractivity contribution in [3.63, 3.8) is 0 Å². The lowest BCUT2D eigenvalue weighted by molar-refractivity contribution is -0.401. The molecule has 0 spiro atoms. The minimum Gasteiger partial charge on any atom is -0.481 e. The summed E-state index contributed by atoms with van der Waals surface area (Å²) in [4.78, 5) is 40.1. The summed E-state index contributed by atoms with van der Waals surface area (Å²) in [6.45, 7) is 0.473. The van der Waals surface area contributed by atoms with Crippen LogP contribution in [-0.2, 0) is 33.8 Å². The van der Waals surface area contributed by atoms with Gasteiger partial charge in [-0.1, -0.05) is 0 Å². The van der Waals surface area contributed by atoms with Crippen LogP contribution in [0.25, 0.3) is 33.4 Å². The van der Waals surface area contributed by atoms with E-state index in [2.05, 4.69) is 27.6 Å². The summed E-state index contributed by atoms with van der Waals surface area (Å²) < 4.78 is 55.3. The van der Waals surface area contributed by atoms with E-state index in [4.69, 9.17) is 35.0 Å². The fourth-order valence-electron chi connectivity index (χ4n) is 4.56. The standard InChI is InChI=1S/C28H27N3O14S2/c29-19-5-3-16-22(17-4-6-20(30)26(47(37,38)39)24(17)42-23(16)25(19)43-44-45-46)18-13-14(1-2-15(18)28(35)36)27(34)31-8-10-41-12-11-40-9-7-21(32)33/h1-6,13,30,46H,7-12,29H2,(H,31,34)(H,32,33)(H,35,36)(H,37,38,39). The van der Waals surface area contributed by atoms with Crippen LogP contribution in [0.15, 0.2) is 51.8 Å². The van der Waals surface area contributed by atoms with E-state index < -0.39 is 44.0 Å². The Hall–Kier alpha value is -4.76. The van der Waals surface area contributed by atoms with Crippen LogP contribution in [-0.4, -0.2) is 74.0 Å². The monoisotopic (exact) mass is 693 g/mol. The van der Waals surface area contributed by atoms with Crippen LogP contribution in [0.5, 0.6) is 5.75 Å². The maximum absolute atomic E-state index is 13.1. The van der Waals surface area contributed by atoms with Crippen molar-refractivity contribution in [2.24, 2.45) is 0 Å². The predicted molar refractivity (Wildman–Crippen MR) is 163 cm³/mol. The van der Waals surface area contributed by atoms with Crippen molar-refractivity contribution < 1.29 is 65.7 Å². The molecule has 0 saturated carbocycles. The third-order valence-corrected chi connectivity index (χ3v) is 7.53. The normalized spacial score (nSPS) is 11.5. The highest BCUT2D eigenvalue weighted by molar-refractivity contribution is 7.86. The van der Waals surface area contributed by atoms with Gasteiger partial charge in [0.25, 0.3) is 16.0 Å². The van der Waals surface area contributed by atoms with Crippen molar-refractivity contribution in [1.82, 2.24) is 5.32 Å². The summed E-state index contributed by atoms with van der Waals surface area (Å²) in [5, 5.41) is 33.4. The highest BCUT2D eigenvalue weighted by Crippen LogP contribution is 2.47. The number of anilines is 1. The quantitative estimate of drug-likeness (QED) is 0.0130. The minimum absolute atomic E-state index is 0.00920. The zero-order valence-electron chi connectivity index (χ0n) is 24.0. The number of aliphatic carboxylic acids is 1. The van der Waals surface area contributed by atoms with Crippen LogP contribution in [0.2, 0.25) is 0 Å². The summed E-state index contributed by atoms with van der Waals surface area (Å²) in [5.74, 6) is -3.91. The summed E-state index contributed by atoms with van der Waals surface area (Å²) in [7, 11) is -5.09. The van der Waals surface area contributed by atoms with Gasteiger partial charge >= 0.3 is 11.9 Å². The number of carboxylic acids is 2. The fraction of sp³-hybridized carbons (Fsp3) is 0.214. The molecular formula is C28H27N3O14S2. The van der Waals surface area contributed by atoms with Gasteiger partial charge in [0.05, 0.1) is 49.5 Å². The van der Waals surface area contributed by atoms with E-state index in [0.29, 0.717) is 0 Å². The number of carboxylic acid groups (broad SMARTS) is 2. The van der Waals surface area contributed by atoms with E-state index in [-0.39, 0.29) is 89.6 Å². The van der Waals surface area contributed by atoms with Gasteiger partial charge in [-0.15, -0.1) is 4.33 Å². The molecule has 19 heteroatoms. The number of carbonyl (C=O) groups excluding carboxylic acids is 1. The molecule has 0 radical (unpaired) electrons. The molecule has 250 valence electrons. The number of thiol groups is 1. The zero-order valence-corrected chi connectivity index (χ0v) is 25.8. The van der Waals surface area contributed by atoms with Crippen LogP contribution in [0.1, 0.15) is 27.1 Å². The lowest BCUT2D eigenvalue weighted by Gasteiger charge is -2.20. The smallest absolute Gasteiger partial charge is 0.336 e. The first-order valence-electron chi connectivity index (χ1n) is 13.4. The fourth-order valence-corrected chi connectivity index (χ4v) is 5.33. The number of rotatable bonds is 16. The molecule has 4 rings (SSSR count). The third kappa shape index (κ3) is 8.16. The van der Waals surface area contributed by atoms with E-state index in [9.17, 15) is 32.5 Å². The Kier molecular flexibility index (Phi) is 11.4. The van der Waals surface area contributed by atoms with Gasteiger partial charge in [-0.2, -0.15) is 8.42 Å². The average molecular weight is 694 g/mol. The van der Waals surface area contributed by atoms with Gasteiger partial charge in [-0.25, -0.2) is 4.79 Å². The first-order chi connectivity index (χ1) is 22.3. The van der Waals surface area contributed by atoms with Gasteiger partial charge < -0.3 is 40.0 Å². The van der Waals surface area contributed by atoms with Crippen molar-refractivity contribution in [2.45, 2.75) is 11.3 Å². The van der Waals surface area contributed by atoms with Crippen LogP contribution in [0.3, 0.4) is 0 Å². The van der Waals surface area contributed by atoms with Gasteiger partial charge in [0.15, 0.2) is 16.2 Å². The average Bonchev–Trinajstić information content (AvgIpc) is 3.01. The van der Waals surface area contributed by atoms with E-state index >= 15 is 0 Å². The SMILES string of the molecule is N=c1ccc2c(-c3cc(C(=O)NCCOCCOCCC(=O)O)ccc3C(=O)O)c3ccc(N)c(OOOS)c3oc-2c1S(=O)(=O)O. The van der Waals surface area contributed by atoms with E-state index in [1.165, 1.54) is 36.4 Å². The molecular weight excluding hydrogens is 666 g/mol. The molecule has 2 aliphatic rings. The molecule has 0 aromatic heterocycles. The number of carbonyl (C=O) groups is 3. The molecule has 1 aliphatic heterocycles. The highest BCUT2D eigenvalue weighted by Gasteiger charge is 2.30. The molecule has 47 heavy (non-hydrogen) atoms. The Labute approximate surface area is 270 Å². The first-order valence-corrected chi connectivity index (χ1v) is 15.2. The highest BCUT2D eigenvalue weighted by atomic mass is 32.2. The first kappa shape index (κ1) is 35.1. The number of amides is 1. The summed E-state index contributed by atoms with van der Waals surface area (Å²) in [6, 6.07) is 8.83. The van der Waals surface area contributed by atoms with Gasteiger partial charge in [-0.3, -0.25) is 19.6 Å². The van der Waals surface area contributed by atoms with Gasteiger partial charge in [0.2, 0.25) is 5.75 Å². The van der Waals surface area contributed by atoms with E-state index in [1.54, 1.807) is 0 Å². The lowest BCUT2D eigenvalue weighted by atomic mass is 9.89. The summed E-state index contributed by atoms with van der Waals surface area (Å²) in [6.07, 6.45) is -0.141. The molecule has 2 aromatic rings. The molecule has 1 aliphatic carbocycles. The second kappa shape index (κ2) is 15.2. The molecule has 2 aromatic carbocycles. The van der Waals surface area contributed by atoms with E-state index in [0.717, 1.165) is 6.07 Å². The molecule has 0 atom stereocenters.